The number of fused-ring (bicyclic) bond motifs is 1. The fourth-order valence-corrected chi connectivity index (χ4v) is 3.50. The molecule has 8 nitrogen and oxygen atoms in total. The number of carbonyl (C=O) groups excluding carboxylic acids is 1. The Morgan fingerprint density at radius 2 is 2.04 bits per heavy atom. The van der Waals surface area contributed by atoms with Crippen LogP contribution in [-0.4, -0.2) is 56.7 Å². The number of amides is 1. The van der Waals surface area contributed by atoms with E-state index in [0.717, 1.165) is 25.8 Å². The second-order valence-corrected chi connectivity index (χ2v) is 8.30. The lowest BCUT2D eigenvalue weighted by Gasteiger charge is -2.31. The Bertz CT molecular complexity index is 915. The highest BCUT2D eigenvalue weighted by atomic mass is 16.6. The van der Waals surface area contributed by atoms with Gasteiger partial charge in [0.25, 0.3) is 0 Å². The number of H-pyrrole nitrogens is 1. The molecule has 1 saturated carbocycles. The summed E-state index contributed by atoms with van der Waals surface area (Å²) in [6, 6.07) is 3.54. The van der Waals surface area contributed by atoms with Gasteiger partial charge in [0.2, 0.25) is 11.5 Å². The van der Waals surface area contributed by atoms with Crippen molar-refractivity contribution in [3.63, 3.8) is 0 Å². The summed E-state index contributed by atoms with van der Waals surface area (Å²) in [4.78, 5) is 39.8. The molecule has 1 aliphatic heterocycles. The molecule has 2 fully saturated rings. The first-order valence-electron chi connectivity index (χ1n) is 9.42. The lowest BCUT2D eigenvalue weighted by atomic mass is 10.2. The Labute approximate surface area is 157 Å². The van der Waals surface area contributed by atoms with Gasteiger partial charge in [0.15, 0.2) is 0 Å². The Kier molecular flexibility index (Phi) is 4.28. The number of aromatic amines is 1. The van der Waals surface area contributed by atoms with Crippen LogP contribution in [0.25, 0.3) is 11.0 Å². The molecule has 0 radical (unpaired) electrons. The zero-order valence-electron chi connectivity index (χ0n) is 15.9. The summed E-state index contributed by atoms with van der Waals surface area (Å²) >= 11 is 0. The highest BCUT2D eigenvalue weighted by Crippen LogP contribution is 2.33. The van der Waals surface area contributed by atoms with E-state index in [1.807, 2.05) is 25.7 Å². The first kappa shape index (κ1) is 17.8. The van der Waals surface area contributed by atoms with Crippen LogP contribution in [0.3, 0.4) is 0 Å². The Hall–Kier alpha value is -2.64. The highest BCUT2D eigenvalue weighted by molar-refractivity contribution is 5.74. The van der Waals surface area contributed by atoms with Gasteiger partial charge in [-0.05, 0) is 46.1 Å². The van der Waals surface area contributed by atoms with E-state index in [2.05, 4.69) is 19.9 Å². The van der Waals surface area contributed by atoms with Gasteiger partial charge in [-0.2, -0.15) is 0 Å². The van der Waals surface area contributed by atoms with Crippen LogP contribution >= 0.6 is 0 Å². The Morgan fingerprint density at radius 1 is 1.26 bits per heavy atom. The lowest BCUT2D eigenvalue weighted by Crippen LogP contribution is -2.46. The van der Waals surface area contributed by atoms with Crippen molar-refractivity contribution in [1.82, 2.24) is 19.9 Å². The summed E-state index contributed by atoms with van der Waals surface area (Å²) in [5.74, 6) is 0.622. The fourth-order valence-electron chi connectivity index (χ4n) is 3.50. The number of hydrogen-bond acceptors (Lipinski definition) is 6. The maximum absolute atomic E-state index is 12.7. The normalized spacial score (nSPS) is 20.1. The van der Waals surface area contributed by atoms with Gasteiger partial charge < -0.3 is 19.5 Å². The molecule has 0 spiro atoms. The number of rotatable bonds is 3. The standard InChI is InChI=1S/C19H25N5O3/c1-19(2,3)27-18(26)24(12-4-5-12)13-8-9-23(11-13)17-20-10-15-14(22-17)6-7-16(25)21-15/h6-7,10,12-13H,4-5,8-9,11H2,1-3H3,(H,21,25)/t13-/m1/s1. The zero-order valence-corrected chi connectivity index (χ0v) is 15.9. The van der Waals surface area contributed by atoms with Gasteiger partial charge in [0.1, 0.15) is 5.60 Å². The van der Waals surface area contributed by atoms with Crippen molar-refractivity contribution in [3.8, 4) is 0 Å². The monoisotopic (exact) mass is 371 g/mol. The molecular formula is C19H25N5O3. The molecule has 1 amide bonds. The van der Waals surface area contributed by atoms with Crippen molar-refractivity contribution < 1.29 is 9.53 Å². The Morgan fingerprint density at radius 3 is 2.74 bits per heavy atom. The summed E-state index contributed by atoms with van der Waals surface area (Å²) in [5, 5.41) is 0. The SMILES string of the molecule is CC(C)(C)OC(=O)N(C1CC1)[C@@H]1CCN(c2ncc3[nH]c(=O)ccc3n2)C1. The first-order chi connectivity index (χ1) is 12.8. The van der Waals surface area contributed by atoms with Crippen LogP contribution < -0.4 is 10.5 Å². The Balaban J connectivity index is 1.51. The van der Waals surface area contributed by atoms with Crippen LogP contribution in [0.4, 0.5) is 10.7 Å². The van der Waals surface area contributed by atoms with Crippen molar-refractivity contribution in [3.05, 3.63) is 28.7 Å². The van der Waals surface area contributed by atoms with Crippen molar-refractivity contribution >= 4 is 23.1 Å². The summed E-state index contributed by atoms with van der Waals surface area (Å²) in [6.45, 7) is 7.15. The second-order valence-electron chi connectivity index (χ2n) is 8.30. The molecule has 2 aromatic heterocycles. The molecule has 1 saturated heterocycles. The van der Waals surface area contributed by atoms with Crippen LogP contribution in [0.1, 0.15) is 40.0 Å². The molecule has 2 aliphatic rings. The number of aromatic nitrogens is 3. The second kappa shape index (κ2) is 6.51. The van der Waals surface area contributed by atoms with E-state index >= 15 is 0 Å². The van der Waals surface area contributed by atoms with Gasteiger partial charge in [-0.1, -0.05) is 0 Å². The third kappa shape index (κ3) is 3.89. The topological polar surface area (TPSA) is 91.4 Å². The van der Waals surface area contributed by atoms with E-state index in [1.165, 1.54) is 6.07 Å². The molecule has 144 valence electrons. The minimum atomic E-state index is -0.499. The maximum atomic E-state index is 12.7. The first-order valence-corrected chi connectivity index (χ1v) is 9.42. The zero-order chi connectivity index (χ0) is 19.2. The number of carbonyl (C=O) groups is 1. The van der Waals surface area contributed by atoms with Crippen LogP contribution in [0.5, 0.6) is 0 Å². The number of pyridine rings is 1. The van der Waals surface area contributed by atoms with Gasteiger partial charge in [-0.15, -0.1) is 0 Å². The maximum Gasteiger partial charge on any atom is 0.410 e. The van der Waals surface area contributed by atoms with E-state index in [9.17, 15) is 9.59 Å². The van der Waals surface area contributed by atoms with Gasteiger partial charge in [0.05, 0.1) is 23.3 Å². The van der Waals surface area contributed by atoms with E-state index in [-0.39, 0.29) is 23.7 Å². The van der Waals surface area contributed by atoms with E-state index in [1.54, 1.807) is 12.3 Å². The average Bonchev–Trinajstić information content (AvgIpc) is 3.29. The van der Waals surface area contributed by atoms with Crippen LogP contribution in [0.15, 0.2) is 23.1 Å². The molecule has 0 aromatic carbocycles. The van der Waals surface area contributed by atoms with Crippen molar-refractivity contribution in [2.24, 2.45) is 0 Å². The molecule has 1 aliphatic carbocycles. The van der Waals surface area contributed by atoms with Gasteiger partial charge >= 0.3 is 6.09 Å². The minimum Gasteiger partial charge on any atom is -0.444 e. The third-order valence-electron chi connectivity index (χ3n) is 4.84. The van der Waals surface area contributed by atoms with Crippen LogP contribution in [0, 0.1) is 0 Å². The van der Waals surface area contributed by atoms with Gasteiger partial charge in [-0.25, -0.2) is 14.8 Å². The van der Waals surface area contributed by atoms with Crippen LogP contribution in [0.2, 0.25) is 0 Å². The summed E-state index contributed by atoms with van der Waals surface area (Å²) in [7, 11) is 0. The highest BCUT2D eigenvalue weighted by Gasteiger charge is 2.42. The molecule has 1 N–H and O–H groups in total. The number of hydrogen-bond donors (Lipinski definition) is 1. The summed E-state index contributed by atoms with van der Waals surface area (Å²) < 4.78 is 5.63. The van der Waals surface area contributed by atoms with Crippen molar-refractivity contribution in [2.75, 3.05) is 18.0 Å². The summed E-state index contributed by atoms with van der Waals surface area (Å²) in [5.41, 5.74) is 0.656. The lowest BCUT2D eigenvalue weighted by molar-refractivity contribution is 0.0158. The van der Waals surface area contributed by atoms with E-state index in [0.29, 0.717) is 23.5 Å². The molecule has 8 heteroatoms. The average molecular weight is 371 g/mol. The predicted molar refractivity (Wildman–Crippen MR) is 102 cm³/mol. The molecule has 0 bridgehead atoms. The minimum absolute atomic E-state index is 0.0993. The molecule has 1 atom stereocenters. The van der Waals surface area contributed by atoms with Crippen molar-refractivity contribution in [1.29, 1.82) is 0 Å². The van der Waals surface area contributed by atoms with Gasteiger partial charge in [-0.3, -0.25) is 4.79 Å². The quantitative estimate of drug-likeness (QED) is 0.890. The molecule has 2 aromatic rings. The number of anilines is 1. The number of nitrogens with one attached hydrogen (secondary N) is 1. The predicted octanol–water partition coefficient (Wildman–Crippen LogP) is 2.30. The molecule has 0 unspecified atom stereocenters. The largest absolute Gasteiger partial charge is 0.444 e. The molecule has 27 heavy (non-hydrogen) atoms. The van der Waals surface area contributed by atoms with Crippen LogP contribution in [-0.2, 0) is 4.74 Å². The molecule has 4 rings (SSSR count). The molecule has 3 heterocycles. The van der Waals surface area contributed by atoms with Gasteiger partial charge in [0, 0.05) is 25.2 Å². The number of nitrogens with zero attached hydrogens (tertiary/aromatic N) is 4. The molecular weight excluding hydrogens is 346 g/mol. The number of ether oxygens (including phenoxy) is 1. The fraction of sp³-hybridized carbons (Fsp3) is 0.579. The van der Waals surface area contributed by atoms with E-state index in [4.69, 9.17) is 4.74 Å². The van der Waals surface area contributed by atoms with E-state index < -0.39 is 5.60 Å². The summed E-state index contributed by atoms with van der Waals surface area (Å²) in [6.07, 6.45) is 4.35. The van der Waals surface area contributed by atoms with Crippen molar-refractivity contribution in [2.45, 2.75) is 57.7 Å². The third-order valence-corrected chi connectivity index (χ3v) is 4.84. The smallest absolute Gasteiger partial charge is 0.410 e.